The van der Waals surface area contributed by atoms with Crippen molar-refractivity contribution in [3.63, 3.8) is 0 Å². The number of nitrogens with zero attached hydrogens (tertiary/aromatic N) is 3. The maximum atomic E-state index is 12.7. The van der Waals surface area contributed by atoms with Gasteiger partial charge in [0.1, 0.15) is 0 Å². The number of hydrogen-bond acceptors (Lipinski definition) is 2. The molecule has 3 aliphatic rings. The van der Waals surface area contributed by atoms with E-state index >= 15 is 0 Å². The van der Waals surface area contributed by atoms with Crippen LogP contribution in [0.2, 0.25) is 0 Å². The van der Waals surface area contributed by atoms with E-state index in [1.807, 2.05) is 17.9 Å². The molecule has 2 saturated carbocycles. The maximum Gasteiger partial charge on any atom is 0.229 e. The number of rotatable bonds is 2. The van der Waals surface area contributed by atoms with Gasteiger partial charge in [0.05, 0.1) is 5.41 Å². The topological polar surface area (TPSA) is 38.1 Å². The summed E-state index contributed by atoms with van der Waals surface area (Å²) in [6.07, 6.45) is 8.93. The molecule has 0 aromatic carbocycles. The molecule has 0 N–H and O–H groups in total. The normalized spacial score (nSPS) is 33.2. The molecule has 1 aliphatic heterocycles. The van der Waals surface area contributed by atoms with Crippen LogP contribution in [0.1, 0.15) is 50.1 Å². The Hall–Kier alpha value is -1.32. The summed E-state index contributed by atoms with van der Waals surface area (Å²) in [5.41, 5.74) is 1.42. The lowest BCUT2D eigenvalue weighted by atomic mass is 9.92. The van der Waals surface area contributed by atoms with Gasteiger partial charge in [-0.3, -0.25) is 9.48 Å². The average molecular weight is 273 g/mol. The van der Waals surface area contributed by atoms with Gasteiger partial charge >= 0.3 is 0 Å². The van der Waals surface area contributed by atoms with E-state index in [1.165, 1.54) is 25.0 Å². The second-order valence-electron chi connectivity index (χ2n) is 6.90. The summed E-state index contributed by atoms with van der Waals surface area (Å²) in [7, 11) is 2.01. The van der Waals surface area contributed by atoms with Gasteiger partial charge in [-0.2, -0.15) is 5.10 Å². The van der Waals surface area contributed by atoms with Crippen molar-refractivity contribution in [2.45, 2.75) is 44.4 Å². The third kappa shape index (κ3) is 1.73. The Kier molecular flexibility index (Phi) is 2.69. The predicted molar refractivity (Wildman–Crippen MR) is 76.2 cm³/mol. The van der Waals surface area contributed by atoms with Crippen LogP contribution in [-0.4, -0.2) is 33.7 Å². The summed E-state index contributed by atoms with van der Waals surface area (Å²) < 4.78 is 1.98. The first-order valence-corrected chi connectivity index (χ1v) is 7.98. The molecule has 1 amide bonds. The molecule has 1 saturated heterocycles. The van der Waals surface area contributed by atoms with Gasteiger partial charge in [-0.05, 0) is 44.1 Å². The van der Waals surface area contributed by atoms with Gasteiger partial charge in [-0.25, -0.2) is 0 Å². The van der Waals surface area contributed by atoms with Crippen molar-refractivity contribution in [2.24, 2.45) is 18.4 Å². The first-order chi connectivity index (χ1) is 9.71. The van der Waals surface area contributed by atoms with E-state index in [2.05, 4.69) is 16.1 Å². The van der Waals surface area contributed by atoms with Gasteiger partial charge < -0.3 is 4.90 Å². The first kappa shape index (κ1) is 12.4. The molecule has 3 fully saturated rings. The van der Waals surface area contributed by atoms with Crippen molar-refractivity contribution in [1.29, 1.82) is 0 Å². The van der Waals surface area contributed by atoms with Crippen molar-refractivity contribution in [1.82, 2.24) is 14.7 Å². The van der Waals surface area contributed by atoms with Crippen LogP contribution in [0.15, 0.2) is 12.3 Å². The van der Waals surface area contributed by atoms with E-state index in [0.717, 1.165) is 38.3 Å². The van der Waals surface area contributed by atoms with E-state index in [0.29, 0.717) is 11.8 Å². The largest absolute Gasteiger partial charge is 0.342 e. The number of likely N-dealkylation sites (tertiary alicyclic amines) is 1. The lowest BCUT2D eigenvalue weighted by molar-refractivity contribution is -0.138. The Morgan fingerprint density at radius 1 is 1.35 bits per heavy atom. The molecule has 0 spiro atoms. The van der Waals surface area contributed by atoms with Crippen LogP contribution in [0.3, 0.4) is 0 Å². The minimum absolute atomic E-state index is 0.0966. The molecule has 2 aliphatic carbocycles. The standard InChI is InChI=1S/C16H23N3O/c1-18-14(4-8-17-18)12-5-9-19(10-6-12)15(20)16-7-2-3-13(16)11-16/h4,8,12-13H,2-3,5-7,9-11H2,1H3. The number of fused-ring (bicyclic) bond motifs is 1. The van der Waals surface area contributed by atoms with E-state index < -0.39 is 0 Å². The van der Waals surface area contributed by atoms with Crippen LogP contribution in [0, 0.1) is 11.3 Å². The maximum absolute atomic E-state index is 12.7. The Morgan fingerprint density at radius 2 is 2.15 bits per heavy atom. The number of carbonyl (C=O) groups is 1. The Morgan fingerprint density at radius 3 is 2.70 bits per heavy atom. The molecular formula is C16H23N3O. The SMILES string of the molecule is Cn1nccc1C1CCN(C(=O)C23CCCC2C3)CC1. The quantitative estimate of drug-likeness (QED) is 0.829. The zero-order valence-corrected chi connectivity index (χ0v) is 12.2. The second-order valence-corrected chi connectivity index (χ2v) is 6.90. The third-order valence-corrected chi connectivity index (χ3v) is 5.89. The van der Waals surface area contributed by atoms with E-state index in [4.69, 9.17) is 0 Å². The number of aryl methyl sites for hydroxylation is 1. The van der Waals surface area contributed by atoms with Crippen molar-refractivity contribution in [3.05, 3.63) is 18.0 Å². The smallest absolute Gasteiger partial charge is 0.229 e. The van der Waals surface area contributed by atoms with Crippen molar-refractivity contribution < 1.29 is 4.79 Å². The van der Waals surface area contributed by atoms with Crippen molar-refractivity contribution in [2.75, 3.05) is 13.1 Å². The van der Waals surface area contributed by atoms with E-state index in [-0.39, 0.29) is 5.41 Å². The summed E-state index contributed by atoms with van der Waals surface area (Å²) in [6, 6.07) is 2.12. The van der Waals surface area contributed by atoms with Gasteiger partial charge in [-0.15, -0.1) is 0 Å². The number of amides is 1. The van der Waals surface area contributed by atoms with Crippen molar-refractivity contribution in [3.8, 4) is 0 Å². The molecule has 4 heteroatoms. The van der Waals surface area contributed by atoms with Crippen LogP contribution < -0.4 is 0 Å². The summed E-state index contributed by atoms with van der Waals surface area (Å²) in [5.74, 6) is 1.77. The summed E-state index contributed by atoms with van der Waals surface area (Å²) in [6.45, 7) is 1.87. The highest BCUT2D eigenvalue weighted by atomic mass is 16.2. The van der Waals surface area contributed by atoms with E-state index in [9.17, 15) is 4.79 Å². The van der Waals surface area contributed by atoms with Crippen LogP contribution in [0.5, 0.6) is 0 Å². The first-order valence-electron chi connectivity index (χ1n) is 7.98. The molecule has 4 nitrogen and oxygen atoms in total. The zero-order valence-electron chi connectivity index (χ0n) is 12.2. The van der Waals surface area contributed by atoms with Gasteiger partial charge in [0.15, 0.2) is 0 Å². The molecule has 4 rings (SSSR count). The third-order valence-electron chi connectivity index (χ3n) is 5.89. The lowest BCUT2D eigenvalue weighted by Crippen LogP contribution is -2.42. The van der Waals surface area contributed by atoms with Gasteiger partial charge in [0.2, 0.25) is 5.91 Å². The van der Waals surface area contributed by atoms with Crippen LogP contribution >= 0.6 is 0 Å². The summed E-state index contributed by atoms with van der Waals surface area (Å²) >= 11 is 0. The van der Waals surface area contributed by atoms with Crippen LogP contribution in [0.25, 0.3) is 0 Å². The number of hydrogen-bond donors (Lipinski definition) is 0. The average Bonchev–Trinajstić information content (AvgIpc) is 2.83. The van der Waals surface area contributed by atoms with Crippen LogP contribution in [-0.2, 0) is 11.8 Å². The summed E-state index contributed by atoms with van der Waals surface area (Å²) in [4.78, 5) is 14.9. The second kappa shape index (κ2) is 4.34. The zero-order chi connectivity index (χ0) is 13.7. The Balaban J connectivity index is 1.40. The van der Waals surface area contributed by atoms with Crippen molar-refractivity contribution >= 4 is 5.91 Å². The molecule has 0 bridgehead atoms. The van der Waals surface area contributed by atoms with Gasteiger partial charge in [0, 0.05) is 37.9 Å². The molecule has 2 heterocycles. The molecule has 0 radical (unpaired) electrons. The Bertz CT molecular complexity index is 530. The highest BCUT2D eigenvalue weighted by Crippen LogP contribution is 2.64. The van der Waals surface area contributed by atoms with Crippen LogP contribution in [0.4, 0.5) is 0 Å². The summed E-state index contributed by atoms with van der Waals surface area (Å²) in [5, 5.41) is 4.26. The highest BCUT2D eigenvalue weighted by molar-refractivity contribution is 5.86. The lowest BCUT2D eigenvalue weighted by Gasteiger charge is -2.34. The molecule has 2 atom stereocenters. The molecule has 1 aromatic rings. The fraction of sp³-hybridized carbons (Fsp3) is 0.750. The highest BCUT2D eigenvalue weighted by Gasteiger charge is 2.63. The number of piperidine rings is 1. The molecule has 1 aromatic heterocycles. The van der Waals surface area contributed by atoms with E-state index in [1.54, 1.807) is 0 Å². The molecule has 20 heavy (non-hydrogen) atoms. The predicted octanol–water partition coefficient (Wildman–Crippen LogP) is 2.32. The molecule has 108 valence electrons. The fourth-order valence-electron chi connectivity index (χ4n) is 4.58. The fourth-order valence-corrected chi connectivity index (χ4v) is 4.58. The number of aromatic nitrogens is 2. The van der Waals surface area contributed by atoms with Gasteiger partial charge in [0.25, 0.3) is 0 Å². The molecular weight excluding hydrogens is 250 g/mol. The number of carbonyl (C=O) groups excluding carboxylic acids is 1. The van der Waals surface area contributed by atoms with Gasteiger partial charge in [-0.1, -0.05) is 6.42 Å². The Labute approximate surface area is 120 Å². The molecule has 2 unspecified atom stereocenters. The minimum atomic E-state index is 0.0966. The monoisotopic (exact) mass is 273 g/mol. The minimum Gasteiger partial charge on any atom is -0.342 e.